The summed E-state index contributed by atoms with van der Waals surface area (Å²) in [6.45, 7) is 8.72. The third-order valence-corrected chi connectivity index (χ3v) is 9.89. The van der Waals surface area contributed by atoms with Crippen LogP contribution in [0, 0.1) is 0 Å². The van der Waals surface area contributed by atoms with Gasteiger partial charge in [-0.05, 0) is 17.5 Å². The summed E-state index contributed by atoms with van der Waals surface area (Å²) in [6.07, 6.45) is 0.602. The Hall–Kier alpha value is -1.67. The zero-order valence-corrected chi connectivity index (χ0v) is 14.4. The molecule has 0 aliphatic rings. The van der Waals surface area contributed by atoms with Crippen molar-refractivity contribution >= 4 is 19.0 Å². The zero-order chi connectivity index (χ0) is 15.5. The quantitative estimate of drug-likeness (QED) is 0.760. The summed E-state index contributed by atoms with van der Waals surface area (Å²) in [5.41, 5.74) is 1.28. The van der Waals surface area contributed by atoms with Crippen LogP contribution in [0.15, 0.2) is 60.7 Å². The largest absolute Gasteiger partial charge is 0.300 e. The molecule has 1 atom stereocenters. The Labute approximate surface area is 129 Å². The molecule has 0 heterocycles. The number of rotatable bonds is 5. The van der Waals surface area contributed by atoms with Crippen LogP contribution in [0.3, 0.4) is 0 Å². The van der Waals surface area contributed by atoms with Gasteiger partial charge in [0.05, 0.1) is 8.07 Å². The fourth-order valence-electron chi connectivity index (χ4n) is 3.16. The number of carbonyl (C=O) groups excluding carboxylic acids is 1. The minimum absolute atomic E-state index is 0.0958. The van der Waals surface area contributed by atoms with E-state index in [1.807, 2.05) is 6.07 Å². The molecule has 0 aromatic heterocycles. The van der Waals surface area contributed by atoms with Crippen molar-refractivity contribution in [1.82, 2.24) is 0 Å². The molecule has 0 aliphatic heterocycles. The summed E-state index contributed by atoms with van der Waals surface area (Å²) in [5.74, 6) is 0.262. The van der Waals surface area contributed by atoms with E-state index in [9.17, 15) is 4.79 Å². The van der Waals surface area contributed by atoms with Gasteiger partial charge in [-0.1, -0.05) is 85.9 Å². The summed E-state index contributed by atoms with van der Waals surface area (Å²) in [5, 5.41) is 1.30. The zero-order valence-electron chi connectivity index (χ0n) is 13.4. The Morgan fingerprint density at radius 3 is 1.90 bits per heavy atom. The van der Waals surface area contributed by atoms with Crippen LogP contribution in [0.4, 0.5) is 0 Å². The molecule has 110 valence electrons. The van der Waals surface area contributed by atoms with Gasteiger partial charge < -0.3 is 4.79 Å². The first-order chi connectivity index (χ1) is 9.88. The Morgan fingerprint density at radius 1 is 0.952 bits per heavy atom. The van der Waals surface area contributed by atoms with Crippen LogP contribution in [-0.2, 0) is 9.83 Å². The summed E-state index contributed by atoms with van der Waals surface area (Å²) < 4.78 is 0. The van der Waals surface area contributed by atoms with Crippen LogP contribution in [0.1, 0.15) is 25.8 Å². The van der Waals surface area contributed by atoms with E-state index in [-0.39, 0.29) is 10.8 Å². The number of benzene rings is 2. The molecule has 2 aromatic carbocycles. The molecule has 0 spiro atoms. The van der Waals surface area contributed by atoms with E-state index >= 15 is 0 Å². The standard InChI is InChI=1S/C19H24OSi/c1-16(20)15-19(2,17-11-7-5-8-12-17)21(3,4)18-13-9-6-10-14-18/h5-14H,15H2,1-4H3. The maximum Gasteiger partial charge on any atom is 0.130 e. The van der Waals surface area contributed by atoms with Crippen molar-refractivity contribution in [2.45, 2.75) is 38.4 Å². The van der Waals surface area contributed by atoms with E-state index in [0.717, 1.165) is 0 Å². The van der Waals surface area contributed by atoms with Gasteiger partial charge in [-0.3, -0.25) is 0 Å². The molecule has 0 saturated carbocycles. The maximum absolute atomic E-state index is 11.9. The van der Waals surface area contributed by atoms with Crippen molar-refractivity contribution < 1.29 is 4.79 Å². The molecule has 0 aliphatic carbocycles. The third kappa shape index (κ3) is 3.00. The Bertz CT molecular complexity index is 604. The van der Waals surface area contributed by atoms with E-state index < -0.39 is 8.07 Å². The molecule has 0 saturated heterocycles. The normalized spacial score (nSPS) is 14.5. The van der Waals surface area contributed by atoms with Gasteiger partial charge in [0.15, 0.2) is 0 Å². The summed E-state index contributed by atoms with van der Waals surface area (Å²) in [6, 6.07) is 21.2. The Kier molecular flexibility index (Phi) is 4.48. The van der Waals surface area contributed by atoms with Crippen molar-refractivity contribution in [1.29, 1.82) is 0 Å². The van der Waals surface area contributed by atoms with Crippen molar-refractivity contribution in [2.75, 3.05) is 0 Å². The predicted molar refractivity (Wildman–Crippen MR) is 92.7 cm³/mol. The predicted octanol–water partition coefficient (Wildman–Crippen LogP) is 4.08. The number of ketones is 1. The van der Waals surface area contributed by atoms with Gasteiger partial charge in [-0.25, -0.2) is 0 Å². The minimum atomic E-state index is -1.86. The number of hydrogen-bond donors (Lipinski definition) is 0. The van der Waals surface area contributed by atoms with Crippen LogP contribution < -0.4 is 5.19 Å². The molecule has 0 fully saturated rings. The van der Waals surface area contributed by atoms with Gasteiger partial charge in [0.2, 0.25) is 0 Å². The molecule has 1 nitrogen and oxygen atoms in total. The van der Waals surface area contributed by atoms with Crippen molar-refractivity contribution in [3.63, 3.8) is 0 Å². The highest BCUT2D eigenvalue weighted by Gasteiger charge is 2.45. The second kappa shape index (κ2) is 5.98. The molecule has 0 bridgehead atoms. The Balaban J connectivity index is 2.57. The van der Waals surface area contributed by atoms with E-state index in [4.69, 9.17) is 0 Å². The first-order valence-corrected chi connectivity index (χ1v) is 10.5. The van der Waals surface area contributed by atoms with Gasteiger partial charge in [-0.15, -0.1) is 0 Å². The topological polar surface area (TPSA) is 17.1 Å². The van der Waals surface area contributed by atoms with E-state index in [2.05, 4.69) is 74.6 Å². The molecular weight excluding hydrogens is 272 g/mol. The molecule has 2 rings (SSSR count). The fourth-order valence-corrected chi connectivity index (χ4v) is 6.40. The fraction of sp³-hybridized carbons (Fsp3) is 0.316. The van der Waals surface area contributed by atoms with Crippen molar-refractivity contribution in [2.24, 2.45) is 0 Å². The number of hydrogen-bond acceptors (Lipinski definition) is 1. The first kappa shape index (κ1) is 15.7. The highest BCUT2D eigenvalue weighted by molar-refractivity contribution is 6.92. The lowest BCUT2D eigenvalue weighted by molar-refractivity contribution is -0.117. The molecule has 0 N–H and O–H groups in total. The molecular formula is C19H24OSi. The van der Waals surface area contributed by atoms with Gasteiger partial charge >= 0.3 is 0 Å². The summed E-state index contributed by atoms with van der Waals surface area (Å²) >= 11 is 0. The summed E-state index contributed by atoms with van der Waals surface area (Å²) in [7, 11) is -1.86. The van der Waals surface area contributed by atoms with Crippen LogP contribution in [-0.4, -0.2) is 13.9 Å². The van der Waals surface area contributed by atoms with Gasteiger partial charge in [0.25, 0.3) is 0 Å². The van der Waals surface area contributed by atoms with E-state index in [0.29, 0.717) is 6.42 Å². The average Bonchev–Trinajstić information content (AvgIpc) is 2.48. The number of Topliss-reactive ketones (excluding diaryl/α,β-unsaturated/α-hetero) is 1. The molecule has 2 heteroatoms. The molecule has 0 amide bonds. The maximum atomic E-state index is 11.9. The smallest absolute Gasteiger partial charge is 0.130 e. The van der Waals surface area contributed by atoms with E-state index in [1.54, 1.807) is 6.92 Å². The van der Waals surface area contributed by atoms with E-state index in [1.165, 1.54) is 10.8 Å². The minimum Gasteiger partial charge on any atom is -0.300 e. The van der Waals surface area contributed by atoms with Gasteiger partial charge in [0.1, 0.15) is 5.78 Å². The van der Waals surface area contributed by atoms with Gasteiger partial charge in [-0.2, -0.15) is 0 Å². The SMILES string of the molecule is CC(=O)CC(C)(c1ccccc1)[Si](C)(C)c1ccccc1. The molecule has 21 heavy (non-hydrogen) atoms. The van der Waals surface area contributed by atoms with Crippen LogP contribution in [0.2, 0.25) is 13.1 Å². The highest BCUT2D eigenvalue weighted by atomic mass is 28.3. The van der Waals surface area contributed by atoms with Crippen LogP contribution >= 0.6 is 0 Å². The van der Waals surface area contributed by atoms with Crippen molar-refractivity contribution in [3.05, 3.63) is 66.2 Å². The molecule has 1 unspecified atom stereocenters. The second-order valence-corrected chi connectivity index (χ2v) is 11.5. The number of carbonyl (C=O) groups is 1. The highest BCUT2D eigenvalue weighted by Crippen LogP contribution is 2.37. The van der Waals surface area contributed by atoms with Crippen LogP contribution in [0.5, 0.6) is 0 Å². The average molecular weight is 296 g/mol. The lowest BCUT2D eigenvalue weighted by atomic mass is 9.94. The first-order valence-electron chi connectivity index (χ1n) is 7.48. The third-order valence-electron chi connectivity index (χ3n) is 4.89. The van der Waals surface area contributed by atoms with Gasteiger partial charge in [0, 0.05) is 6.42 Å². The van der Waals surface area contributed by atoms with Crippen molar-refractivity contribution in [3.8, 4) is 0 Å². The molecule has 2 aromatic rings. The lowest BCUT2D eigenvalue weighted by Gasteiger charge is -2.43. The monoisotopic (exact) mass is 296 g/mol. The van der Waals surface area contributed by atoms with Crippen LogP contribution in [0.25, 0.3) is 0 Å². The second-order valence-electron chi connectivity index (χ2n) is 6.57. The Morgan fingerprint density at radius 2 is 1.43 bits per heavy atom. The molecule has 0 radical (unpaired) electrons. The summed E-state index contributed by atoms with van der Waals surface area (Å²) in [4.78, 5) is 11.9. The lowest BCUT2D eigenvalue weighted by Crippen LogP contribution is -2.59.